The number of hydrogen-bond donors (Lipinski definition) is 2. The molecule has 1 saturated carbocycles. The van der Waals surface area contributed by atoms with Crippen LogP contribution in [0.3, 0.4) is 0 Å². The molecule has 1 heterocycles. The second-order valence-electron chi connectivity index (χ2n) is 6.62. The fraction of sp³-hybridized carbons (Fsp3) is 0.421. The molecule has 5 nitrogen and oxygen atoms in total. The van der Waals surface area contributed by atoms with Crippen LogP contribution in [0.15, 0.2) is 24.4 Å². The standard InChI is InChI=1S/C19H24N4O/c1-12-10-13(2)17(14(3)11-12)23-18(24)16-8-9-20-19(22-16)21-15-6-4-5-7-15/h8-11,15H,4-7H2,1-3H3,(H,23,24)(H,20,21,22). The van der Waals surface area contributed by atoms with Crippen LogP contribution in [0.1, 0.15) is 52.9 Å². The van der Waals surface area contributed by atoms with Crippen LogP contribution in [-0.4, -0.2) is 21.9 Å². The molecule has 0 saturated heterocycles. The SMILES string of the molecule is Cc1cc(C)c(NC(=O)c2ccnc(NC3CCCC3)n2)c(C)c1. The van der Waals surface area contributed by atoms with Crippen LogP contribution in [0.2, 0.25) is 0 Å². The summed E-state index contributed by atoms with van der Waals surface area (Å²) < 4.78 is 0. The van der Waals surface area contributed by atoms with Crippen molar-refractivity contribution in [1.29, 1.82) is 0 Å². The number of nitrogens with one attached hydrogen (secondary N) is 2. The summed E-state index contributed by atoms with van der Waals surface area (Å²) in [7, 11) is 0. The van der Waals surface area contributed by atoms with Gasteiger partial charge in [0.05, 0.1) is 0 Å². The molecule has 1 fully saturated rings. The number of carbonyl (C=O) groups excluding carboxylic acids is 1. The first-order valence-electron chi connectivity index (χ1n) is 8.52. The van der Waals surface area contributed by atoms with Crippen molar-refractivity contribution in [2.45, 2.75) is 52.5 Å². The van der Waals surface area contributed by atoms with E-state index in [-0.39, 0.29) is 5.91 Å². The zero-order chi connectivity index (χ0) is 17.1. The molecule has 0 radical (unpaired) electrons. The number of amides is 1. The molecule has 0 aliphatic heterocycles. The van der Waals surface area contributed by atoms with E-state index >= 15 is 0 Å². The van der Waals surface area contributed by atoms with Crippen molar-refractivity contribution < 1.29 is 4.79 Å². The molecule has 1 aromatic heterocycles. The molecular weight excluding hydrogens is 300 g/mol. The maximum atomic E-state index is 12.6. The molecule has 1 amide bonds. The highest BCUT2D eigenvalue weighted by Gasteiger charge is 2.17. The first-order chi connectivity index (χ1) is 11.5. The predicted octanol–water partition coefficient (Wildman–Crippen LogP) is 4.01. The number of aryl methyl sites for hydroxylation is 3. The Morgan fingerprint density at radius 3 is 2.46 bits per heavy atom. The zero-order valence-electron chi connectivity index (χ0n) is 14.5. The van der Waals surface area contributed by atoms with E-state index in [1.165, 1.54) is 18.4 Å². The van der Waals surface area contributed by atoms with Gasteiger partial charge in [-0.2, -0.15) is 0 Å². The number of benzene rings is 1. The van der Waals surface area contributed by atoms with E-state index in [2.05, 4.69) is 39.7 Å². The van der Waals surface area contributed by atoms with Crippen molar-refractivity contribution in [2.24, 2.45) is 0 Å². The minimum absolute atomic E-state index is 0.207. The Morgan fingerprint density at radius 1 is 1.12 bits per heavy atom. The molecule has 126 valence electrons. The van der Waals surface area contributed by atoms with E-state index in [0.29, 0.717) is 17.7 Å². The Kier molecular flexibility index (Phi) is 4.79. The fourth-order valence-electron chi connectivity index (χ4n) is 3.36. The van der Waals surface area contributed by atoms with Gasteiger partial charge in [-0.3, -0.25) is 4.79 Å². The van der Waals surface area contributed by atoms with Crippen LogP contribution in [0.4, 0.5) is 11.6 Å². The summed E-state index contributed by atoms with van der Waals surface area (Å²) in [4.78, 5) is 21.2. The van der Waals surface area contributed by atoms with Crippen molar-refractivity contribution in [1.82, 2.24) is 9.97 Å². The average Bonchev–Trinajstić information content (AvgIpc) is 3.04. The van der Waals surface area contributed by atoms with Gasteiger partial charge in [0.2, 0.25) is 5.95 Å². The van der Waals surface area contributed by atoms with Crippen LogP contribution in [0.5, 0.6) is 0 Å². The van der Waals surface area contributed by atoms with E-state index < -0.39 is 0 Å². The van der Waals surface area contributed by atoms with Gasteiger partial charge in [-0.25, -0.2) is 9.97 Å². The number of nitrogens with zero attached hydrogens (tertiary/aromatic N) is 2. The second-order valence-corrected chi connectivity index (χ2v) is 6.62. The molecule has 0 spiro atoms. The highest BCUT2D eigenvalue weighted by molar-refractivity contribution is 6.03. The van der Waals surface area contributed by atoms with Gasteiger partial charge in [-0.15, -0.1) is 0 Å². The summed E-state index contributed by atoms with van der Waals surface area (Å²) in [6, 6.07) is 6.20. The Morgan fingerprint density at radius 2 is 1.79 bits per heavy atom. The van der Waals surface area contributed by atoms with Gasteiger partial charge in [0, 0.05) is 17.9 Å². The molecule has 2 N–H and O–H groups in total. The van der Waals surface area contributed by atoms with Gasteiger partial charge < -0.3 is 10.6 Å². The molecule has 5 heteroatoms. The molecule has 0 atom stereocenters. The van der Waals surface area contributed by atoms with Gasteiger partial charge in [0.15, 0.2) is 0 Å². The Labute approximate surface area is 142 Å². The lowest BCUT2D eigenvalue weighted by Gasteiger charge is -2.14. The van der Waals surface area contributed by atoms with Crippen LogP contribution >= 0.6 is 0 Å². The second kappa shape index (κ2) is 6.99. The largest absolute Gasteiger partial charge is 0.351 e. The summed E-state index contributed by atoms with van der Waals surface area (Å²) in [6.07, 6.45) is 6.39. The molecule has 24 heavy (non-hydrogen) atoms. The van der Waals surface area contributed by atoms with Crippen LogP contribution in [0.25, 0.3) is 0 Å². The number of anilines is 2. The molecule has 1 aromatic carbocycles. The Balaban J connectivity index is 1.75. The third-order valence-electron chi connectivity index (χ3n) is 4.49. The number of hydrogen-bond acceptors (Lipinski definition) is 4. The molecule has 0 unspecified atom stereocenters. The van der Waals surface area contributed by atoms with E-state index in [9.17, 15) is 4.79 Å². The van der Waals surface area contributed by atoms with Gasteiger partial charge in [-0.05, 0) is 50.8 Å². The Bertz CT molecular complexity index is 728. The van der Waals surface area contributed by atoms with Crippen LogP contribution in [-0.2, 0) is 0 Å². The molecule has 1 aliphatic rings. The smallest absolute Gasteiger partial charge is 0.274 e. The maximum absolute atomic E-state index is 12.6. The van der Waals surface area contributed by atoms with Crippen molar-refractivity contribution in [3.05, 3.63) is 46.8 Å². The minimum Gasteiger partial charge on any atom is -0.351 e. The highest BCUT2D eigenvalue weighted by atomic mass is 16.1. The third-order valence-corrected chi connectivity index (χ3v) is 4.49. The molecular formula is C19H24N4O. The van der Waals surface area contributed by atoms with Gasteiger partial charge in [-0.1, -0.05) is 30.5 Å². The van der Waals surface area contributed by atoms with Crippen molar-refractivity contribution in [3.63, 3.8) is 0 Å². The summed E-state index contributed by atoms with van der Waals surface area (Å²) in [5.74, 6) is 0.328. The van der Waals surface area contributed by atoms with E-state index in [0.717, 1.165) is 29.7 Å². The normalized spacial score (nSPS) is 14.6. The van der Waals surface area contributed by atoms with E-state index in [1.54, 1.807) is 12.3 Å². The molecule has 1 aliphatic carbocycles. The zero-order valence-corrected chi connectivity index (χ0v) is 14.5. The average molecular weight is 324 g/mol. The Hall–Kier alpha value is -2.43. The predicted molar refractivity (Wildman–Crippen MR) is 96.5 cm³/mol. The summed E-state index contributed by atoms with van der Waals surface area (Å²) >= 11 is 0. The van der Waals surface area contributed by atoms with Crippen LogP contribution in [0, 0.1) is 20.8 Å². The number of carbonyl (C=O) groups is 1. The monoisotopic (exact) mass is 324 g/mol. The van der Waals surface area contributed by atoms with E-state index in [1.807, 2.05) is 13.8 Å². The van der Waals surface area contributed by atoms with Crippen LogP contribution < -0.4 is 10.6 Å². The minimum atomic E-state index is -0.207. The van der Waals surface area contributed by atoms with Gasteiger partial charge >= 0.3 is 0 Å². The van der Waals surface area contributed by atoms with Crippen molar-refractivity contribution in [2.75, 3.05) is 10.6 Å². The number of aromatic nitrogens is 2. The maximum Gasteiger partial charge on any atom is 0.274 e. The lowest BCUT2D eigenvalue weighted by Crippen LogP contribution is -2.20. The first kappa shape index (κ1) is 16.4. The lowest BCUT2D eigenvalue weighted by molar-refractivity contribution is 0.102. The van der Waals surface area contributed by atoms with Gasteiger partial charge in [0.25, 0.3) is 5.91 Å². The molecule has 2 aromatic rings. The van der Waals surface area contributed by atoms with E-state index in [4.69, 9.17) is 0 Å². The molecule has 3 rings (SSSR count). The summed E-state index contributed by atoms with van der Waals surface area (Å²) in [6.45, 7) is 6.06. The lowest BCUT2D eigenvalue weighted by atomic mass is 10.1. The van der Waals surface area contributed by atoms with Crippen molar-refractivity contribution >= 4 is 17.5 Å². The quantitative estimate of drug-likeness (QED) is 0.892. The summed E-state index contributed by atoms with van der Waals surface area (Å²) in [5, 5.41) is 6.31. The number of rotatable bonds is 4. The third kappa shape index (κ3) is 3.72. The fourth-order valence-corrected chi connectivity index (χ4v) is 3.36. The highest BCUT2D eigenvalue weighted by Crippen LogP contribution is 2.23. The van der Waals surface area contributed by atoms with Crippen molar-refractivity contribution in [3.8, 4) is 0 Å². The molecule has 0 bridgehead atoms. The summed E-state index contributed by atoms with van der Waals surface area (Å²) in [5.41, 5.74) is 4.53. The topological polar surface area (TPSA) is 66.9 Å². The van der Waals surface area contributed by atoms with Gasteiger partial charge in [0.1, 0.15) is 5.69 Å². The first-order valence-corrected chi connectivity index (χ1v) is 8.52.